The second-order valence-corrected chi connectivity index (χ2v) is 10.2. The normalized spacial score (nSPS) is 15.8. The molecule has 1 aromatic heterocycles. The number of hydrogen-bond donors (Lipinski definition) is 5. The maximum atomic E-state index is 13.9. The average Bonchev–Trinajstić information content (AvgIpc) is 3.60. The van der Waals surface area contributed by atoms with Gasteiger partial charge in [0.15, 0.2) is 0 Å². The van der Waals surface area contributed by atoms with E-state index in [1.54, 1.807) is 6.07 Å². The zero-order chi connectivity index (χ0) is 28.1. The molecule has 0 saturated carbocycles. The summed E-state index contributed by atoms with van der Waals surface area (Å²) in [4.78, 5) is 13.2. The molecule has 2 heterocycles. The Labute approximate surface area is 232 Å². The fourth-order valence-electron chi connectivity index (χ4n) is 5.17. The van der Waals surface area contributed by atoms with Crippen molar-refractivity contribution in [3.63, 3.8) is 0 Å². The first-order chi connectivity index (χ1) is 19.4. The molecule has 0 spiro atoms. The van der Waals surface area contributed by atoms with Crippen LogP contribution >= 0.6 is 0 Å². The van der Waals surface area contributed by atoms with Crippen molar-refractivity contribution in [3.05, 3.63) is 118 Å². The molecule has 0 fully saturated rings. The maximum Gasteiger partial charge on any atom is 0.272 e. The number of aliphatic hydroxyl groups is 1. The minimum atomic E-state index is -1.03. The number of rotatable bonds is 11. The molecule has 0 saturated heterocycles. The van der Waals surface area contributed by atoms with Gasteiger partial charge in [0.05, 0.1) is 12.1 Å². The minimum Gasteiger partial charge on any atom is -0.390 e. The second kappa shape index (κ2) is 12.4. The van der Waals surface area contributed by atoms with Crippen molar-refractivity contribution in [2.45, 2.75) is 44.4 Å². The van der Waals surface area contributed by atoms with Crippen LogP contribution in [0.2, 0.25) is 0 Å². The Kier molecular flexibility index (Phi) is 8.52. The van der Waals surface area contributed by atoms with Gasteiger partial charge < -0.3 is 21.1 Å². The number of aromatic nitrogens is 2. The molecule has 1 amide bonds. The van der Waals surface area contributed by atoms with Crippen LogP contribution in [0.1, 0.15) is 51.3 Å². The van der Waals surface area contributed by atoms with Crippen LogP contribution in [-0.2, 0) is 19.4 Å². The highest BCUT2D eigenvalue weighted by Crippen LogP contribution is 2.35. The van der Waals surface area contributed by atoms with E-state index in [1.165, 1.54) is 17.7 Å². The van der Waals surface area contributed by atoms with Gasteiger partial charge in [-0.1, -0.05) is 49.4 Å². The number of amides is 1. The molecule has 1 aliphatic rings. The van der Waals surface area contributed by atoms with E-state index in [4.69, 9.17) is 0 Å². The summed E-state index contributed by atoms with van der Waals surface area (Å²) in [5.41, 5.74) is 5.76. The summed E-state index contributed by atoms with van der Waals surface area (Å²) < 4.78 is 27.8. The highest BCUT2D eigenvalue weighted by atomic mass is 19.1. The number of carbonyl (C=O) groups is 1. The summed E-state index contributed by atoms with van der Waals surface area (Å²) >= 11 is 0. The van der Waals surface area contributed by atoms with Crippen LogP contribution in [-0.4, -0.2) is 46.4 Å². The molecule has 208 valence electrons. The fourth-order valence-corrected chi connectivity index (χ4v) is 5.17. The lowest BCUT2D eigenvalue weighted by Crippen LogP contribution is -2.48. The quantitative estimate of drug-likeness (QED) is 0.194. The summed E-state index contributed by atoms with van der Waals surface area (Å²) in [6, 6.07) is 20.2. The average molecular weight is 546 g/mol. The molecule has 0 bridgehead atoms. The Hall–Kier alpha value is -4.08. The van der Waals surface area contributed by atoms with E-state index in [0.717, 1.165) is 35.0 Å². The Balaban J connectivity index is 1.28. The van der Waals surface area contributed by atoms with Gasteiger partial charge in [-0.2, -0.15) is 5.10 Å². The molecule has 1 unspecified atom stereocenters. The van der Waals surface area contributed by atoms with Crippen molar-refractivity contribution in [1.82, 2.24) is 20.8 Å². The van der Waals surface area contributed by atoms with Crippen molar-refractivity contribution < 1.29 is 18.7 Å². The monoisotopic (exact) mass is 545 g/mol. The lowest BCUT2D eigenvalue weighted by atomic mass is 9.97. The third-order valence-electron chi connectivity index (χ3n) is 7.28. The van der Waals surface area contributed by atoms with E-state index in [2.05, 4.69) is 45.2 Å². The fraction of sp³-hybridized carbons (Fsp3) is 0.290. The van der Waals surface area contributed by atoms with Crippen molar-refractivity contribution in [2.75, 3.05) is 18.4 Å². The number of carbonyl (C=O) groups excluding carboxylic acids is 1. The molecule has 1 aliphatic heterocycles. The van der Waals surface area contributed by atoms with E-state index in [1.807, 2.05) is 36.4 Å². The Morgan fingerprint density at radius 1 is 1.02 bits per heavy atom. The summed E-state index contributed by atoms with van der Waals surface area (Å²) in [6.07, 6.45) is -0.0758. The largest absolute Gasteiger partial charge is 0.390 e. The number of H-pyrrole nitrogens is 1. The zero-order valence-corrected chi connectivity index (χ0v) is 22.3. The number of nitrogens with one attached hydrogen (secondary N) is 4. The van der Waals surface area contributed by atoms with E-state index >= 15 is 0 Å². The van der Waals surface area contributed by atoms with E-state index < -0.39 is 29.7 Å². The smallest absolute Gasteiger partial charge is 0.272 e. The van der Waals surface area contributed by atoms with Crippen LogP contribution in [0.3, 0.4) is 0 Å². The molecule has 40 heavy (non-hydrogen) atoms. The SMILES string of the molecule is CCc1cccc(CNC[C@@H](O)[C@H](Cc2cc(F)cc(F)c2)NC(=O)c2cc(C3CNc4ccccc43)[nH]n2)c1. The first-order valence-corrected chi connectivity index (χ1v) is 13.5. The number of nitrogens with zero attached hydrogens (tertiary/aromatic N) is 1. The highest BCUT2D eigenvalue weighted by molar-refractivity contribution is 5.92. The third-order valence-corrected chi connectivity index (χ3v) is 7.28. The van der Waals surface area contributed by atoms with Gasteiger partial charge in [-0.05, 0) is 59.4 Å². The van der Waals surface area contributed by atoms with Gasteiger partial charge in [0.1, 0.15) is 17.3 Å². The van der Waals surface area contributed by atoms with Gasteiger partial charge in [-0.3, -0.25) is 9.89 Å². The summed E-state index contributed by atoms with van der Waals surface area (Å²) in [6.45, 7) is 3.46. The number of aryl methyl sites for hydroxylation is 1. The molecule has 4 aromatic rings. The van der Waals surface area contributed by atoms with Crippen LogP contribution in [0.15, 0.2) is 72.8 Å². The van der Waals surface area contributed by atoms with Crippen LogP contribution in [0.4, 0.5) is 14.5 Å². The van der Waals surface area contributed by atoms with Crippen LogP contribution in [0.25, 0.3) is 0 Å². The van der Waals surface area contributed by atoms with E-state index in [0.29, 0.717) is 18.7 Å². The Bertz CT molecular complexity index is 1450. The molecule has 0 aliphatic carbocycles. The van der Waals surface area contributed by atoms with Crippen molar-refractivity contribution in [2.24, 2.45) is 0 Å². The molecular formula is C31H33F2N5O2. The zero-order valence-electron chi connectivity index (χ0n) is 22.3. The van der Waals surface area contributed by atoms with E-state index in [-0.39, 0.29) is 24.6 Å². The molecule has 5 rings (SSSR count). The van der Waals surface area contributed by atoms with Crippen molar-refractivity contribution >= 4 is 11.6 Å². The van der Waals surface area contributed by atoms with Crippen LogP contribution in [0.5, 0.6) is 0 Å². The number of aliphatic hydroxyl groups excluding tert-OH is 1. The summed E-state index contributed by atoms with van der Waals surface area (Å²) in [5.74, 6) is -1.90. The summed E-state index contributed by atoms with van der Waals surface area (Å²) in [7, 11) is 0. The number of anilines is 1. The number of aromatic amines is 1. The highest BCUT2D eigenvalue weighted by Gasteiger charge is 2.28. The standard InChI is InChI=1S/C31H33F2N5O2/c1-2-19-6-5-7-20(10-19)16-34-18-30(39)28(13-21-11-22(32)14-23(33)12-21)36-31(40)29-15-27(37-38-29)25-17-35-26-9-4-3-8-24(25)26/h3-12,14-15,25,28,30,34-35,39H,2,13,16-18H2,1H3,(H,36,40)(H,37,38)/t25?,28-,30+/m0/s1. The predicted molar refractivity (Wildman–Crippen MR) is 150 cm³/mol. The number of fused-ring (bicyclic) bond motifs is 1. The van der Waals surface area contributed by atoms with Gasteiger partial charge in [-0.15, -0.1) is 0 Å². The Morgan fingerprint density at radius 3 is 2.60 bits per heavy atom. The van der Waals surface area contributed by atoms with Crippen molar-refractivity contribution in [3.8, 4) is 0 Å². The van der Waals surface area contributed by atoms with E-state index in [9.17, 15) is 18.7 Å². The number of halogens is 2. The van der Waals surface area contributed by atoms with Gasteiger partial charge in [0.25, 0.3) is 5.91 Å². The van der Waals surface area contributed by atoms with Gasteiger partial charge in [-0.25, -0.2) is 8.78 Å². The molecule has 9 heteroatoms. The predicted octanol–water partition coefficient (Wildman–Crippen LogP) is 4.30. The maximum absolute atomic E-state index is 13.9. The lowest BCUT2D eigenvalue weighted by molar-refractivity contribution is 0.0825. The molecule has 3 atom stereocenters. The first kappa shape index (κ1) is 27.5. The topological polar surface area (TPSA) is 102 Å². The minimum absolute atomic E-state index is 0.0253. The molecule has 3 aromatic carbocycles. The molecule has 5 N–H and O–H groups in total. The Morgan fingerprint density at radius 2 is 1.80 bits per heavy atom. The molecular weight excluding hydrogens is 512 g/mol. The number of benzene rings is 3. The molecule has 7 nitrogen and oxygen atoms in total. The van der Waals surface area contributed by atoms with Crippen LogP contribution < -0.4 is 16.0 Å². The van der Waals surface area contributed by atoms with Crippen molar-refractivity contribution in [1.29, 1.82) is 0 Å². The summed E-state index contributed by atoms with van der Waals surface area (Å²) in [5, 5.41) is 27.7. The second-order valence-electron chi connectivity index (χ2n) is 10.2. The lowest BCUT2D eigenvalue weighted by Gasteiger charge is -2.24. The number of para-hydroxylation sites is 1. The number of hydrogen-bond acceptors (Lipinski definition) is 5. The third kappa shape index (κ3) is 6.55. The van der Waals surface area contributed by atoms with Gasteiger partial charge >= 0.3 is 0 Å². The van der Waals surface area contributed by atoms with Crippen LogP contribution in [0, 0.1) is 11.6 Å². The van der Waals surface area contributed by atoms with Gasteiger partial charge in [0, 0.05) is 43.0 Å². The first-order valence-electron chi connectivity index (χ1n) is 13.5. The molecule has 0 radical (unpaired) electrons. The van der Waals surface area contributed by atoms with Gasteiger partial charge in [0.2, 0.25) is 0 Å².